The second-order valence-corrected chi connectivity index (χ2v) is 5.73. The Morgan fingerprint density at radius 2 is 2.12 bits per heavy atom. The summed E-state index contributed by atoms with van der Waals surface area (Å²) in [4.78, 5) is 4.35. The lowest BCUT2D eigenvalue weighted by Crippen LogP contribution is -2.00. The summed E-state index contributed by atoms with van der Waals surface area (Å²) in [6.45, 7) is 0. The standard InChI is InChI=1S/C13H13N3S/c14-13-15-12(17-16-13)11-9-6-5-7-3-1-2-4-8(7)10(9)11/h1-4,9-11H,5-6H2,(H2,14,16). The van der Waals surface area contributed by atoms with Crippen LogP contribution in [0.25, 0.3) is 0 Å². The lowest BCUT2D eigenvalue weighted by molar-refractivity contribution is 0.659. The predicted molar refractivity (Wildman–Crippen MR) is 68.1 cm³/mol. The highest BCUT2D eigenvalue weighted by Crippen LogP contribution is 2.65. The van der Waals surface area contributed by atoms with Gasteiger partial charge in [-0.1, -0.05) is 24.3 Å². The molecule has 0 aliphatic heterocycles. The van der Waals surface area contributed by atoms with Crippen molar-refractivity contribution in [3.63, 3.8) is 0 Å². The van der Waals surface area contributed by atoms with Crippen LogP contribution in [0.2, 0.25) is 0 Å². The molecule has 2 aliphatic carbocycles. The monoisotopic (exact) mass is 243 g/mol. The zero-order chi connectivity index (χ0) is 11.4. The van der Waals surface area contributed by atoms with E-state index in [1.54, 1.807) is 0 Å². The molecular formula is C13H13N3S. The first kappa shape index (κ1) is 9.59. The maximum absolute atomic E-state index is 5.62. The van der Waals surface area contributed by atoms with Gasteiger partial charge in [-0.3, -0.25) is 0 Å². The van der Waals surface area contributed by atoms with E-state index in [4.69, 9.17) is 5.73 Å². The van der Waals surface area contributed by atoms with E-state index in [1.807, 2.05) is 0 Å². The summed E-state index contributed by atoms with van der Waals surface area (Å²) in [6.07, 6.45) is 2.49. The fraction of sp³-hybridized carbons (Fsp3) is 0.385. The first-order valence-corrected chi connectivity index (χ1v) is 6.79. The smallest absolute Gasteiger partial charge is 0.232 e. The number of anilines is 1. The van der Waals surface area contributed by atoms with Crippen LogP contribution >= 0.6 is 11.5 Å². The SMILES string of the molecule is Nc1nsc(C2C3CCc4ccccc4C32)n1. The quantitative estimate of drug-likeness (QED) is 0.837. The average molecular weight is 243 g/mol. The van der Waals surface area contributed by atoms with Crippen molar-refractivity contribution in [3.8, 4) is 0 Å². The summed E-state index contributed by atoms with van der Waals surface area (Å²) in [5.74, 6) is 2.46. The molecule has 4 rings (SSSR count). The number of benzene rings is 1. The number of fused-ring (bicyclic) bond motifs is 3. The van der Waals surface area contributed by atoms with Crippen LogP contribution in [-0.4, -0.2) is 9.36 Å². The van der Waals surface area contributed by atoms with E-state index in [0.717, 1.165) is 10.9 Å². The van der Waals surface area contributed by atoms with Crippen LogP contribution in [0.3, 0.4) is 0 Å². The molecule has 0 saturated heterocycles. The Balaban J connectivity index is 1.73. The van der Waals surface area contributed by atoms with Crippen LogP contribution in [0.4, 0.5) is 5.95 Å². The molecule has 3 unspecified atom stereocenters. The molecule has 17 heavy (non-hydrogen) atoms. The van der Waals surface area contributed by atoms with Gasteiger partial charge in [0.2, 0.25) is 5.95 Å². The van der Waals surface area contributed by atoms with Crippen LogP contribution in [0.1, 0.15) is 34.4 Å². The molecule has 4 heteroatoms. The van der Waals surface area contributed by atoms with Gasteiger partial charge in [-0.2, -0.15) is 4.37 Å². The largest absolute Gasteiger partial charge is 0.367 e. The van der Waals surface area contributed by atoms with Gasteiger partial charge < -0.3 is 5.73 Å². The summed E-state index contributed by atoms with van der Waals surface area (Å²) in [7, 11) is 0. The topological polar surface area (TPSA) is 51.8 Å². The first-order chi connectivity index (χ1) is 8.34. The van der Waals surface area contributed by atoms with Crippen LogP contribution in [0, 0.1) is 5.92 Å². The van der Waals surface area contributed by atoms with Gasteiger partial charge in [0.05, 0.1) is 0 Å². The molecule has 1 saturated carbocycles. The predicted octanol–water partition coefficient (Wildman–Crippen LogP) is 2.56. The van der Waals surface area contributed by atoms with Crippen molar-refractivity contribution in [1.29, 1.82) is 0 Å². The highest BCUT2D eigenvalue weighted by atomic mass is 32.1. The van der Waals surface area contributed by atoms with Crippen molar-refractivity contribution in [3.05, 3.63) is 40.4 Å². The lowest BCUT2D eigenvalue weighted by atomic mass is 9.92. The van der Waals surface area contributed by atoms with Gasteiger partial charge in [0.15, 0.2) is 0 Å². The molecule has 0 radical (unpaired) electrons. The Labute approximate surface area is 104 Å². The van der Waals surface area contributed by atoms with Crippen LogP contribution in [-0.2, 0) is 6.42 Å². The Kier molecular flexibility index (Phi) is 1.86. The van der Waals surface area contributed by atoms with Crippen LogP contribution in [0.15, 0.2) is 24.3 Å². The zero-order valence-electron chi connectivity index (χ0n) is 9.34. The minimum atomic E-state index is 0.432. The molecule has 86 valence electrons. The zero-order valence-corrected chi connectivity index (χ0v) is 10.2. The number of nitrogens with two attached hydrogens (primary N) is 1. The third-order valence-corrected chi connectivity index (χ3v) is 4.90. The molecule has 0 amide bonds. The van der Waals surface area contributed by atoms with E-state index >= 15 is 0 Å². The molecule has 3 atom stereocenters. The van der Waals surface area contributed by atoms with Crippen molar-refractivity contribution in [2.75, 3.05) is 5.73 Å². The van der Waals surface area contributed by atoms with E-state index < -0.39 is 0 Å². The van der Waals surface area contributed by atoms with Gasteiger partial charge in [-0.05, 0) is 47.3 Å². The fourth-order valence-corrected chi connectivity index (χ4v) is 4.09. The van der Waals surface area contributed by atoms with Gasteiger partial charge in [0, 0.05) is 5.92 Å². The normalized spacial score (nSPS) is 29.5. The lowest BCUT2D eigenvalue weighted by Gasteiger charge is -2.13. The summed E-state index contributed by atoms with van der Waals surface area (Å²) in [6, 6.07) is 8.82. The maximum atomic E-state index is 5.62. The molecule has 2 N–H and O–H groups in total. The molecule has 0 spiro atoms. The Morgan fingerprint density at radius 1 is 1.24 bits per heavy atom. The second-order valence-electron chi connectivity index (χ2n) is 4.94. The van der Waals surface area contributed by atoms with Crippen LogP contribution < -0.4 is 5.73 Å². The molecule has 1 aromatic heterocycles. The van der Waals surface area contributed by atoms with Crippen molar-refractivity contribution in [2.45, 2.75) is 24.7 Å². The van der Waals surface area contributed by atoms with Crippen LogP contribution in [0.5, 0.6) is 0 Å². The third-order valence-electron chi connectivity index (χ3n) is 4.07. The summed E-state index contributed by atoms with van der Waals surface area (Å²) >= 11 is 1.47. The Morgan fingerprint density at radius 3 is 2.94 bits per heavy atom. The summed E-state index contributed by atoms with van der Waals surface area (Å²) < 4.78 is 4.10. The van der Waals surface area contributed by atoms with Gasteiger partial charge in [-0.25, -0.2) is 4.98 Å². The minimum Gasteiger partial charge on any atom is -0.367 e. The van der Waals surface area contributed by atoms with Gasteiger partial charge in [0.1, 0.15) is 5.01 Å². The second kappa shape index (κ2) is 3.29. The van der Waals surface area contributed by atoms with Crippen molar-refractivity contribution < 1.29 is 0 Å². The van der Waals surface area contributed by atoms with Gasteiger partial charge in [-0.15, -0.1) is 0 Å². The number of hydrogen-bond acceptors (Lipinski definition) is 4. The number of nitrogens with zero attached hydrogens (tertiary/aromatic N) is 2. The number of hydrogen-bond donors (Lipinski definition) is 1. The average Bonchev–Trinajstić information content (AvgIpc) is 2.96. The van der Waals surface area contributed by atoms with E-state index in [0.29, 0.717) is 17.8 Å². The molecule has 1 aromatic carbocycles. The third kappa shape index (κ3) is 1.33. The molecular weight excluding hydrogens is 230 g/mol. The van der Waals surface area contributed by atoms with Crippen molar-refractivity contribution in [1.82, 2.24) is 9.36 Å². The van der Waals surface area contributed by atoms with E-state index in [1.165, 1.54) is 35.5 Å². The number of nitrogen functional groups attached to an aromatic ring is 1. The highest BCUT2D eigenvalue weighted by molar-refractivity contribution is 7.05. The van der Waals surface area contributed by atoms with E-state index in [9.17, 15) is 0 Å². The molecule has 2 aliphatic rings. The summed E-state index contributed by atoms with van der Waals surface area (Å²) in [5.41, 5.74) is 8.67. The van der Waals surface area contributed by atoms with E-state index in [-0.39, 0.29) is 0 Å². The highest BCUT2D eigenvalue weighted by Gasteiger charge is 2.55. The number of aromatic nitrogens is 2. The minimum absolute atomic E-state index is 0.432. The maximum Gasteiger partial charge on any atom is 0.232 e. The molecule has 2 aromatic rings. The van der Waals surface area contributed by atoms with Gasteiger partial charge >= 0.3 is 0 Å². The number of rotatable bonds is 1. The van der Waals surface area contributed by atoms with Crippen molar-refractivity contribution >= 4 is 17.5 Å². The summed E-state index contributed by atoms with van der Waals surface area (Å²) in [5, 5.41) is 1.13. The number of aryl methyl sites for hydroxylation is 1. The van der Waals surface area contributed by atoms with E-state index in [2.05, 4.69) is 33.6 Å². The molecule has 1 heterocycles. The van der Waals surface area contributed by atoms with Gasteiger partial charge in [0.25, 0.3) is 0 Å². The fourth-order valence-electron chi connectivity index (χ4n) is 3.29. The first-order valence-electron chi connectivity index (χ1n) is 6.01. The molecule has 1 fully saturated rings. The molecule has 0 bridgehead atoms. The Bertz CT molecular complexity index is 578. The Hall–Kier alpha value is -1.42. The van der Waals surface area contributed by atoms with Crippen molar-refractivity contribution in [2.24, 2.45) is 5.92 Å². The molecule has 3 nitrogen and oxygen atoms in total.